The lowest BCUT2D eigenvalue weighted by atomic mass is 9.90. The van der Waals surface area contributed by atoms with E-state index in [4.69, 9.17) is 0 Å². The summed E-state index contributed by atoms with van der Waals surface area (Å²) in [7, 11) is 0. The van der Waals surface area contributed by atoms with Crippen molar-refractivity contribution >= 4 is 0 Å². The summed E-state index contributed by atoms with van der Waals surface area (Å²) in [6, 6.07) is 10.6. The number of rotatable bonds is 1. The summed E-state index contributed by atoms with van der Waals surface area (Å²) in [5, 5.41) is 0. The van der Waals surface area contributed by atoms with E-state index in [2.05, 4.69) is 66.8 Å². The highest BCUT2D eigenvalue weighted by Crippen LogP contribution is 2.31. The minimum Gasteiger partial charge on any atom is -0.0726 e. The van der Waals surface area contributed by atoms with E-state index in [0.717, 1.165) is 0 Å². The summed E-state index contributed by atoms with van der Waals surface area (Å²) >= 11 is 0. The van der Waals surface area contributed by atoms with E-state index in [1.807, 2.05) is 0 Å². The number of hydrogen-bond acceptors (Lipinski definition) is 0. The van der Waals surface area contributed by atoms with Gasteiger partial charge >= 0.3 is 0 Å². The van der Waals surface area contributed by atoms with Crippen LogP contribution in [0.2, 0.25) is 0 Å². The molecule has 1 atom stereocenters. The Bertz CT molecular complexity index is 484. The van der Waals surface area contributed by atoms with E-state index in [-0.39, 0.29) is 0 Å². The third kappa shape index (κ3) is 1.48. The van der Waals surface area contributed by atoms with Crippen LogP contribution in [0.25, 0.3) is 0 Å². The van der Waals surface area contributed by atoms with Gasteiger partial charge in [0.25, 0.3) is 0 Å². The van der Waals surface area contributed by atoms with Gasteiger partial charge in [-0.25, -0.2) is 0 Å². The van der Waals surface area contributed by atoms with Gasteiger partial charge in [-0.05, 0) is 16.7 Å². The summed E-state index contributed by atoms with van der Waals surface area (Å²) in [5.74, 6) is 0.432. The van der Waals surface area contributed by atoms with Crippen molar-refractivity contribution in [1.29, 1.82) is 0 Å². The maximum Gasteiger partial charge on any atom is 0.0210 e. The van der Waals surface area contributed by atoms with Crippen molar-refractivity contribution < 1.29 is 0 Å². The smallest absolute Gasteiger partial charge is 0.0210 e. The van der Waals surface area contributed by atoms with Crippen molar-refractivity contribution in [2.24, 2.45) is 0 Å². The molecule has 0 spiro atoms. The molecule has 0 bridgehead atoms. The lowest BCUT2D eigenvalue weighted by Gasteiger charge is -2.15. The molecule has 1 aromatic carbocycles. The molecule has 0 heteroatoms. The maximum atomic E-state index is 2.32. The quantitative estimate of drug-likeness (QED) is 0.635. The number of benzene rings is 1. The molecule has 1 aromatic rings. The average Bonchev–Trinajstić information content (AvgIpc) is 2.77. The second kappa shape index (κ2) is 3.39. The molecular formula is C15H12. The summed E-state index contributed by atoms with van der Waals surface area (Å²) in [6.07, 6.45) is 13.2. The molecule has 3 rings (SSSR count). The summed E-state index contributed by atoms with van der Waals surface area (Å²) < 4.78 is 0. The summed E-state index contributed by atoms with van der Waals surface area (Å²) in [5.41, 5.74) is 4.05. The van der Waals surface area contributed by atoms with Gasteiger partial charge < -0.3 is 0 Å². The first-order valence-corrected chi connectivity index (χ1v) is 5.27. The van der Waals surface area contributed by atoms with Crippen LogP contribution >= 0.6 is 0 Å². The Kier molecular flexibility index (Phi) is 1.92. The van der Waals surface area contributed by atoms with E-state index in [0.29, 0.717) is 5.92 Å². The Hall–Kier alpha value is -1.82. The molecule has 0 aromatic heterocycles. The zero-order valence-electron chi connectivity index (χ0n) is 8.43. The Labute approximate surface area is 89.9 Å². The van der Waals surface area contributed by atoms with E-state index in [1.54, 1.807) is 0 Å². The zero-order chi connectivity index (χ0) is 10.1. The molecule has 2 aliphatic rings. The van der Waals surface area contributed by atoms with Gasteiger partial charge in [0.2, 0.25) is 0 Å². The van der Waals surface area contributed by atoms with Crippen LogP contribution in [0.3, 0.4) is 0 Å². The van der Waals surface area contributed by atoms with Crippen LogP contribution in [0.15, 0.2) is 77.9 Å². The molecule has 0 amide bonds. The van der Waals surface area contributed by atoms with Crippen molar-refractivity contribution in [3.05, 3.63) is 83.5 Å². The Balaban J connectivity index is 1.98. The van der Waals surface area contributed by atoms with Crippen LogP contribution in [-0.2, 0) is 0 Å². The van der Waals surface area contributed by atoms with Gasteiger partial charge in [0.05, 0.1) is 0 Å². The van der Waals surface area contributed by atoms with Gasteiger partial charge in [-0.2, -0.15) is 0 Å². The number of fused-ring (bicyclic) bond motifs is 1. The van der Waals surface area contributed by atoms with Crippen LogP contribution in [0.5, 0.6) is 0 Å². The molecule has 0 N–H and O–H groups in total. The van der Waals surface area contributed by atoms with Crippen LogP contribution in [0, 0.1) is 0 Å². The summed E-state index contributed by atoms with van der Waals surface area (Å²) in [4.78, 5) is 0. The molecule has 0 radical (unpaired) electrons. The Morgan fingerprint density at radius 1 is 0.867 bits per heavy atom. The second-order valence-corrected chi connectivity index (χ2v) is 3.90. The van der Waals surface area contributed by atoms with Crippen molar-refractivity contribution in [3.63, 3.8) is 0 Å². The molecule has 0 saturated heterocycles. The minimum absolute atomic E-state index is 0.432. The number of hydrogen-bond donors (Lipinski definition) is 0. The predicted octanol–water partition coefficient (Wildman–Crippen LogP) is 3.76. The lowest BCUT2D eigenvalue weighted by Crippen LogP contribution is -1.97. The van der Waals surface area contributed by atoms with Gasteiger partial charge in [-0.15, -0.1) is 0 Å². The van der Waals surface area contributed by atoms with Crippen molar-refractivity contribution in [3.8, 4) is 0 Å². The van der Waals surface area contributed by atoms with Gasteiger partial charge in [0.1, 0.15) is 0 Å². The van der Waals surface area contributed by atoms with Crippen LogP contribution < -0.4 is 0 Å². The maximum absolute atomic E-state index is 2.32. The molecule has 0 aliphatic heterocycles. The van der Waals surface area contributed by atoms with Crippen LogP contribution in [-0.4, -0.2) is 0 Å². The fraction of sp³-hybridized carbons (Fsp3) is 0.0667. The first-order valence-electron chi connectivity index (χ1n) is 5.27. The molecule has 72 valence electrons. The highest BCUT2D eigenvalue weighted by Gasteiger charge is 2.13. The largest absolute Gasteiger partial charge is 0.0726 e. The first kappa shape index (κ1) is 8.49. The molecule has 15 heavy (non-hydrogen) atoms. The standard InChI is InChI=1S/C15H12/c1-2-5-12(6-3-1)15-10-9-13-7-4-8-14(13)11-15/h1-11,15H. The van der Waals surface area contributed by atoms with E-state index in [1.165, 1.54) is 16.7 Å². The fourth-order valence-electron chi connectivity index (χ4n) is 2.09. The fourth-order valence-corrected chi connectivity index (χ4v) is 2.09. The first-order chi connectivity index (χ1) is 7.43. The normalized spacial score (nSPS) is 22.3. The summed E-state index contributed by atoms with van der Waals surface area (Å²) in [6.45, 7) is 0. The van der Waals surface area contributed by atoms with E-state index in [9.17, 15) is 0 Å². The van der Waals surface area contributed by atoms with Gasteiger partial charge in [-0.1, -0.05) is 66.8 Å². The monoisotopic (exact) mass is 192 g/mol. The third-order valence-corrected chi connectivity index (χ3v) is 2.91. The highest BCUT2D eigenvalue weighted by molar-refractivity contribution is 5.58. The Morgan fingerprint density at radius 2 is 1.73 bits per heavy atom. The molecule has 1 unspecified atom stereocenters. The van der Waals surface area contributed by atoms with Crippen molar-refractivity contribution in [2.45, 2.75) is 5.92 Å². The van der Waals surface area contributed by atoms with Gasteiger partial charge in [0, 0.05) is 5.92 Å². The van der Waals surface area contributed by atoms with Crippen LogP contribution in [0.1, 0.15) is 11.5 Å². The third-order valence-electron chi connectivity index (χ3n) is 2.91. The van der Waals surface area contributed by atoms with E-state index < -0.39 is 0 Å². The van der Waals surface area contributed by atoms with Crippen LogP contribution in [0.4, 0.5) is 0 Å². The second-order valence-electron chi connectivity index (χ2n) is 3.90. The molecular weight excluding hydrogens is 180 g/mol. The van der Waals surface area contributed by atoms with Gasteiger partial charge in [0.15, 0.2) is 0 Å². The SMILES string of the molecule is C1=CC2=CC(c3ccccc3)C=CC2=C1. The molecule has 0 heterocycles. The average molecular weight is 192 g/mol. The van der Waals surface area contributed by atoms with Crippen molar-refractivity contribution in [2.75, 3.05) is 0 Å². The lowest BCUT2D eigenvalue weighted by molar-refractivity contribution is 1.06. The topological polar surface area (TPSA) is 0 Å². The molecule has 2 aliphatic carbocycles. The minimum atomic E-state index is 0.432. The van der Waals surface area contributed by atoms with Gasteiger partial charge in [-0.3, -0.25) is 0 Å². The molecule has 0 saturated carbocycles. The number of allylic oxidation sites excluding steroid dienone is 8. The van der Waals surface area contributed by atoms with Crippen molar-refractivity contribution in [1.82, 2.24) is 0 Å². The highest BCUT2D eigenvalue weighted by atomic mass is 14.2. The zero-order valence-corrected chi connectivity index (χ0v) is 8.43. The Morgan fingerprint density at radius 3 is 2.60 bits per heavy atom. The van der Waals surface area contributed by atoms with E-state index >= 15 is 0 Å². The molecule has 0 nitrogen and oxygen atoms in total. The molecule has 0 fully saturated rings. The predicted molar refractivity (Wildman–Crippen MR) is 63.6 cm³/mol.